The molecule has 156 valence electrons. The van der Waals surface area contributed by atoms with Crippen molar-refractivity contribution in [3.05, 3.63) is 100 Å². The highest BCUT2D eigenvalue weighted by Gasteiger charge is 2.14. The Kier molecular flexibility index (Phi) is 5.73. The summed E-state index contributed by atoms with van der Waals surface area (Å²) in [5, 5.41) is 1.48. The summed E-state index contributed by atoms with van der Waals surface area (Å²) < 4.78 is 0. The topological polar surface area (TPSA) is 0 Å². The van der Waals surface area contributed by atoms with Crippen LogP contribution in [0, 0.1) is 41.5 Å². The normalized spacial score (nSPS) is 11.2. The summed E-state index contributed by atoms with van der Waals surface area (Å²) in [6, 6.07) is 25.6. The van der Waals surface area contributed by atoms with Gasteiger partial charge >= 0.3 is 0 Å². The number of rotatable bonds is 3. The average Bonchev–Trinajstić information content (AvgIpc) is 2.65. The van der Waals surface area contributed by atoms with E-state index in [4.69, 9.17) is 0 Å². The van der Waals surface area contributed by atoms with Crippen LogP contribution in [0.25, 0.3) is 33.4 Å². The maximum atomic E-state index is 2.41. The molecule has 1 heteroatoms. The standard InChI is InChI=1S/C30H32Si/c1-18-7-19(2)11-24(10-18)25-16-28(26-12-20(3)8-21(4)13-26)30(31)29(17-25)27-14-22(5)9-23(6)15-27/h7-17H,1-6,31H3. The number of aryl methyl sites for hydroxylation is 6. The highest BCUT2D eigenvalue weighted by atomic mass is 28.1. The molecule has 0 saturated carbocycles. The molecule has 0 fully saturated rings. The van der Waals surface area contributed by atoms with Gasteiger partial charge < -0.3 is 0 Å². The van der Waals surface area contributed by atoms with Crippen LogP contribution in [0.1, 0.15) is 33.4 Å². The van der Waals surface area contributed by atoms with Crippen LogP contribution >= 0.6 is 0 Å². The van der Waals surface area contributed by atoms with Gasteiger partial charge in [-0.05, 0) is 87.1 Å². The molecule has 0 saturated heterocycles. The minimum Gasteiger partial charge on any atom is -0.0563 e. The Balaban J connectivity index is 2.04. The van der Waals surface area contributed by atoms with E-state index in [1.54, 1.807) is 0 Å². The molecule has 0 nitrogen and oxygen atoms in total. The van der Waals surface area contributed by atoms with Crippen LogP contribution in [0.4, 0.5) is 0 Å². The molecule has 0 amide bonds. The van der Waals surface area contributed by atoms with Gasteiger partial charge in [0.05, 0.1) is 0 Å². The molecule has 0 atom stereocenters. The third-order valence-electron chi connectivity index (χ3n) is 6.03. The number of hydrogen-bond acceptors (Lipinski definition) is 0. The van der Waals surface area contributed by atoms with Gasteiger partial charge in [0.15, 0.2) is 0 Å². The third kappa shape index (κ3) is 4.57. The van der Waals surface area contributed by atoms with Gasteiger partial charge in [-0.25, -0.2) is 0 Å². The van der Waals surface area contributed by atoms with Crippen molar-refractivity contribution in [3.63, 3.8) is 0 Å². The van der Waals surface area contributed by atoms with E-state index in [1.807, 2.05) is 0 Å². The number of hydrogen-bond donors (Lipinski definition) is 0. The summed E-state index contributed by atoms with van der Waals surface area (Å²) in [5.41, 5.74) is 15.9. The van der Waals surface area contributed by atoms with Crippen molar-refractivity contribution >= 4 is 15.4 Å². The molecule has 0 aliphatic heterocycles. The Morgan fingerprint density at radius 2 is 0.613 bits per heavy atom. The maximum absolute atomic E-state index is 2.41. The highest BCUT2D eigenvalue weighted by molar-refractivity contribution is 6.40. The molecule has 0 unspecified atom stereocenters. The quantitative estimate of drug-likeness (QED) is 0.331. The first-order valence-electron chi connectivity index (χ1n) is 11.1. The van der Waals surface area contributed by atoms with Crippen LogP contribution in [0.15, 0.2) is 66.7 Å². The average molecular weight is 421 g/mol. The fourth-order valence-corrected chi connectivity index (χ4v) is 5.75. The lowest BCUT2D eigenvalue weighted by atomic mass is 9.90. The highest BCUT2D eigenvalue weighted by Crippen LogP contribution is 2.33. The van der Waals surface area contributed by atoms with Crippen molar-refractivity contribution in [2.45, 2.75) is 41.5 Å². The fourth-order valence-electron chi connectivity index (χ4n) is 4.88. The molecule has 0 bridgehead atoms. The first kappa shape index (κ1) is 21.3. The largest absolute Gasteiger partial charge is 0.0563 e. The van der Waals surface area contributed by atoms with Gasteiger partial charge in [-0.3, -0.25) is 0 Å². The first-order chi connectivity index (χ1) is 14.7. The van der Waals surface area contributed by atoms with Crippen LogP contribution in [0.5, 0.6) is 0 Å². The Hall–Kier alpha value is -2.90. The minimum atomic E-state index is 0.995. The zero-order valence-electron chi connectivity index (χ0n) is 19.9. The van der Waals surface area contributed by atoms with Crippen LogP contribution in [-0.4, -0.2) is 10.2 Å². The Morgan fingerprint density at radius 1 is 0.355 bits per heavy atom. The summed E-state index contributed by atoms with van der Waals surface area (Å²) in [7, 11) is 0.995. The minimum absolute atomic E-state index is 0.995. The molecule has 31 heavy (non-hydrogen) atoms. The smallest absolute Gasteiger partial charge is 0.0401 e. The van der Waals surface area contributed by atoms with E-state index in [2.05, 4.69) is 108 Å². The Bertz CT molecular complexity index is 1160. The van der Waals surface area contributed by atoms with Crippen molar-refractivity contribution in [2.24, 2.45) is 0 Å². The zero-order chi connectivity index (χ0) is 22.3. The number of benzene rings is 4. The zero-order valence-corrected chi connectivity index (χ0v) is 21.9. The molecule has 0 heterocycles. The van der Waals surface area contributed by atoms with Crippen LogP contribution in [-0.2, 0) is 0 Å². The van der Waals surface area contributed by atoms with Crippen molar-refractivity contribution in [1.29, 1.82) is 0 Å². The summed E-state index contributed by atoms with van der Waals surface area (Å²) in [5.74, 6) is 0. The molecule has 0 aromatic heterocycles. The predicted octanol–water partition coefficient (Wildman–Crippen LogP) is 6.53. The SMILES string of the molecule is Cc1cc(C)cc(-c2cc(-c3cc(C)cc(C)c3)c([SiH3])c(-c3cc(C)cc(C)c3)c2)c1. The fraction of sp³-hybridized carbons (Fsp3) is 0.200. The lowest BCUT2D eigenvalue weighted by molar-refractivity contribution is 1.37. The van der Waals surface area contributed by atoms with E-state index in [9.17, 15) is 0 Å². The van der Waals surface area contributed by atoms with Crippen LogP contribution in [0.3, 0.4) is 0 Å². The van der Waals surface area contributed by atoms with E-state index in [0.29, 0.717) is 0 Å². The molecule has 0 radical (unpaired) electrons. The van der Waals surface area contributed by atoms with Gasteiger partial charge in [0.25, 0.3) is 0 Å². The molecule has 0 spiro atoms. The molecular formula is C30H32Si. The van der Waals surface area contributed by atoms with Crippen molar-refractivity contribution in [2.75, 3.05) is 0 Å². The molecule has 4 aromatic carbocycles. The van der Waals surface area contributed by atoms with Gasteiger partial charge in [0, 0.05) is 10.2 Å². The van der Waals surface area contributed by atoms with Crippen molar-refractivity contribution in [3.8, 4) is 33.4 Å². The molecule has 4 rings (SSSR count). The maximum Gasteiger partial charge on any atom is 0.0401 e. The third-order valence-corrected chi connectivity index (χ3v) is 7.11. The second-order valence-corrected chi connectivity index (χ2v) is 10.3. The second-order valence-electron chi connectivity index (χ2n) is 9.33. The van der Waals surface area contributed by atoms with E-state index in [1.165, 1.54) is 71.9 Å². The van der Waals surface area contributed by atoms with E-state index < -0.39 is 0 Å². The van der Waals surface area contributed by atoms with Crippen LogP contribution in [0.2, 0.25) is 0 Å². The van der Waals surface area contributed by atoms with Gasteiger partial charge in [-0.1, -0.05) is 93.2 Å². The van der Waals surface area contributed by atoms with Crippen molar-refractivity contribution < 1.29 is 0 Å². The monoisotopic (exact) mass is 420 g/mol. The second kappa shape index (κ2) is 8.32. The lowest BCUT2D eigenvalue weighted by Gasteiger charge is -2.18. The van der Waals surface area contributed by atoms with Gasteiger partial charge in [0.2, 0.25) is 0 Å². The summed E-state index contributed by atoms with van der Waals surface area (Å²) in [6.07, 6.45) is 0. The molecule has 0 aliphatic carbocycles. The first-order valence-corrected chi connectivity index (χ1v) is 12.1. The summed E-state index contributed by atoms with van der Waals surface area (Å²) in [4.78, 5) is 0. The molecule has 0 N–H and O–H groups in total. The predicted molar refractivity (Wildman–Crippen MR) is 141 cm³/mol. The van der Waals surface area contributed by atoms with Crippen molar-refractivity contribution in [1.82, 2.24) is 0 Å². The van der Waals surface area contributed by atoms with E-state index in [0.717, 1.165) is 10.2 Å². The molecular weight excluding hydrogens is 388 g/mol. The van der Waals surface area contributed by atoms with Crippen LogP contribution < -0.4 is 5.19 Å². The Morgan fingerprint density at radius 3 is 0.935 bits per heavy atom. The van der Waals surface area contributed by atoms with Gasteiger partial charge in [-0.2, -0.15) is 0 Å². The lowest BCUT2D eigenvalue weighted by Crippen LogP contribution is -2.12. The van der Waals surface area contributed by atoms with Gasteiger partial charge in [0.1, 0.15) is 0 Å². The van der Waals surface area contributed by atoms with Gasteiger partial charge in [-0.15, -0.1) is 0 Å². The van der Waals surface area contributed by atoms with E-state index >= 15 is 0 Å². The van der Waals surface area contributed by atoms with E-state index in [-0.39, 0.29) is 0 Å². The molecule has 4 aromatic rings. The summed E-state index contributed by atoms with van der Waals surface area (Å²) >= 11 is 0. The Labute approximate surface area is 190 Å². The molecule has 0 aliphatic rings. The summed E-state index contributed by atoms with van der Waals surface area (Å²) in [6.45, 7) is 13.2.